The molecule has 1 aliphatic heterocycles. The summed E-state index contributed by atoms with van der Waals surface area (Å²) in [7, 11) is 1.49. The number of aryl methyl sites for hydroxylation is 1. The average molecular weight is 373 g/mol. The lowest BCUT2D eigenvalue weighted by atomic mass is 10.1. The lowest BCUT2D eigenvalue weighted by molar-refractivity contribution is -0.141. The maximum Gasteiger partial charge on any atom is 0.249 e. The minimum atomic E-state index is -0.392. The third kappa shape index (κ3) is 4.11. The van der Waals surface area contributed by atoms with E-state index in [4.69, 9.17) is 4.74 Å². The van der Waals surface area contributed by atoms with Crippen LogP contribution in [0.4, 0.5) is 0 Å². The molecule has 138 valence electrons. The van der Waals surface area contributed by atoms with Crippen molar-refractivity contribution in [3.05, 3.63) is 41.0 Å². The number of nitrogens with zero attached hydrogens (tertiary/aromatic N) is 2. The second-order valence-electron chi connectivity index (χ2n) is 6.36. The van der Waals surface area contributed by atoms with E-state index in [1.165, 1.54) is 12.0 Å². The second kappa shape index (κ2) is 8.42. The predicted molar refractivity (Wildman–Crippen MR) is 101 cm³/mol. The molecule has 0 radical (unpaired) electrons. The Morgan fingerprint density at radius 1 is 1.35 bits per heavy atom. The molecule has 6 nitrogen and oxygen atoms in total. The summed E-state index contributed by atoms with van der Waals surface area (Å²) in [6, 6.07) is 7.73. The molecule has 1 N–H and O–H groups in total. The summed E-state index contributed by atoms with van der Waals surface area (Å²) in [6.07, 6.45) is 1.54. The van der Waals surface area contributed by atoms with Crippen LogP contribution in [-0.2, 0) is 20.9 Å². The van der Waals surface area contributed by atoms with Crippen molar-refractivity contribution in [2.75, 3.05) is 20.3 Å². The number of aromatic nitrogens is 1. The Kier molecular flexibility index (Phi) is 6.00. The van der Waals surface area contributed by atoms with E-state index < -0.39 is 6.04 Å². The molecule has 2 aromatic rings. The number of likely N-dealkylation sites (tertiary alicyclic amines) is 1. The zero-order chi connectivity index (χ0) is 18.5. The fourth-order valence-corrected chi connectivity index (χ4v) is 4.02. The van der Waals surface area contributed by atoms with E-state index >= 15 is 0 Å². The zero-order valence-corrected chi connectivity index (χ0v) is 15.8. The van der Waals surface area contributed by atoms with Gasteiger partial charge < -0.3 is 15.0 Å². The summed E-state index contributed by atoms with van der Waals surface area (Å²) < 4.78 is 4.90. The van der Waals surface area contributed by atoms with Crippen molar-refractivity contribution in [1.29, 1.82) is 0 Å². The molecule has 1 fully saturated rings. The third-order valence-electron chi connectivity index (χ3n) is 4.57. The van der Waals surface area contributed by atoms with Crippen molar-refractivity contribution in [1.82, 2.24) is 15.2 Å². The SMILES string of the molecule is COCC(=O)N1CCC[C@H]1C(=O)NCc1ccc(-c2scnc2C)cc1. The number of benzene rings is 1. The molecule has 7 heteroatoms. The van der Waals surface area contributed by atoms with Gasteiger partial charge in [-0.15, -0.1) is 11.3 Å². The van der Waals surface area contributed by atoms with E-state index in [9.17, 15) is 9.59 Å². The molecule has 0 unspecified atom stereocenters. The minimum Gasteiger partial charge on any atom is -0.375 e. The molecule has 0 spiro atoms. The molecule has 1 atom stereocenters. The molecule has 0 bridgehead atoms. The van der Waals surface area contributed by atoms with Crippen LogP contribution in [0.5, 0.6) is 0 Å². The standard InChI is InChI=1S/C19H23N3O3S/c1-13-18(26-12-21-13)15-7-5-14(6-8-15)10-20-19(24)16-4-3-9-22(16)17(23)11-25-2/h5-8,12,16H,3-4,9-11H2,1-2H3,(H,20,24)/t16-/m0/s1. The molecular weight excluding hydrogens is 350 g/mol. The van der Waals surface area contributed by atoms with Gasteiger partial charge in [-0.05, 0) is 30.9 Å². The predicted octanol–water partition coefficient (Wildman–Crippen LogP) is 2.37. The highest BCUT2D eigenvalue weighted by atomic mass is 32.1. The van der Waals surface area contributed by atoms with E-state index in [2.05, 4.69) is 10.3 Å². The summed E-state index contributed by atoms with van der Waals surface area (Å²) in [5.74, 6) is -0.233. The molecule has 2 amide bonds. The Balaban J connectivity index is 1.57. The number of carbonyl (C=O) groups excluding carboxylic acids is 2. The number of nitrogens with one attached hydrogen (secondary N) is 1. The van der Waals surface area contributed by atoms with Crippen molar-refractivity contribution in [2.24, 2.45) is 0 Å². The first-order valence-electron chi connectivity index (χ1n) is 8.65. The summed E-state index contributed by atoms with van der Waals surface area (Å²) >= 11 is 1.62. The molecular formula is C19H23N3O3S. The highest BCUT2D eigenvalue weighted by Gasteiger charge is 2.33. The van der Waals surface area contributed by atoms with Crippen molar-refractivity contribution in [3.8, 4) is 10.4 Å². The highest BCUT2D eigenvalue weighted by molar-refractivity contribution is 7.13. The van der Waals surface area contributed by atoms with Gasteiger partial charge in [0.25, 0.3) is 0 Å². The van der Waals surface area contributed by atoms with Gasteiger partial charge in [-0.25, -0.2) is 4.98 Å². The first-order chi connectivity index (χ1) is 12.6. The Morgan fingerprint density at radius 3 is 2.77 bits per heavy atom. The van der Waals surface area contributed by atoms with Crippen LogP contribution in [0.15, 0.2) is 29.8 Å². The van der Waals surface area contributed by atoms with Crippen LogP contribution in [0.25, 0.3) is 10.4 Å². The number of methoxy groups -OCH3 is 1. The summed E-state index contributed by atoms with van der Waals surface area (Å²) in [6.45, 7) is 3.08. The normalized spacial score (nSPS) is 16.7. The molecule has 26 heavy (non-hydrogen) atoms. The van der Waals surface area contributed by atoms with Crippen LogP contribution in [0.2, 0.25) is 0 Å². The second-order valence-corrected chi connectivity index (χ2v) is 7.21. The van der Waals surface area contributed by atoms with Gasteiger partial charge in [0.05, 0.1) is 16.1 Å². The van der Waals surface area contributed by atoms with Crippen LogP contribution in [0.1, 0.15) is 24.1 Å². The Bertz CT molecular complexity index is 773. The first kappa shape index (κ1) is 18.5. The zero-order valence-electron chi connectivity index (χ0n) is 15.0. The van der Waals surface area contributed by atoms with Crippen molar-refractivity contribution in [3.63, 3.8) is 0 Å². The molecule has 1 aliphatic rings. The van der Waals surface area contributed by atoms with E-state index in [0.29, 0.717) is 19.5 Å². The number of amides is 2. The Labute approximate surface area is 157 Å². The molecule has 0 aliphatic carbocycles. The molecule has 1 aromatic heterocycles. The third-order valence-corrected chi connectivity index (χ3v) is 5.55. The number of hydrogen-bond donors (Lipinski definition) is 1. The molecule has 0 saturated carbocycles. The Morgan fingerprint density at radius 2 is 2.12 bits per heavy atom. The number of rotatable bonds is 6. The van der Waals surface area contributed by atoms with Crippen LogP contribution in [0, 0.1) is 6.92 Å². The summed E-state index contributed by atoms with van der Waals surface area (Å²) in [5, 5.41) is 2.95. The van der Waals surface area contributed by atoms with E-state index in [1.807, 2.05) is 36.7 Å². The van der Waals surface area contributed by atoms with Crippen molar-refractivity contribution >= 4 is 23.2 Å². The van der Waals surface area contributed by atoms with E-state index in [0.717, 1.165) is 23.2 Å². The average Bonchev–Trinajstić information content (AvgIpc) is 3.29. The van der Waals surface area contributed by atoms with Crippen LogP contribution < -0.4 is 5.32 Å². The summed E-state index contributed by atoms with van der Waals surface area (Å²) in [5.41, 5.74) is 5.03. The van der Waals surface area contributed by atoms with E-state index in [1.54, 1.807) is 16.2 Å². The lowest BCUT2D eigenvalue weighted by Gasteiger charge is -2.23. The van der Waals surface area contributed by atoms with Crippen molar-refractivity contribution < 1.29 is 14.3 Å². The van der Waals surface area contributed by atoms with Gasteiger partial charge >= 0.3 is 0 Å². The van der Waals surface area contributed by atoms with Crippen LogP contribution >= 0.6 is 11.3 Å². The fraction of sp³-hybridized carbons (Fsp3) is 0.421. The quantitative estimate of drug-likeness (QED) is 0.844. The smallest absolute Gasteiger partial charge is 0.249 e. The monoisotopic (exact) mass is 373 g/mol. The van der Waals surface area contributed by atoms with Crippen LogP contribution in [-0.4, -0.2) is 48.0 Å². The fourth-order valence-electron chi connectivity index (χ4n) is 3.20. The van der Waals surface area contributed by atoms with Gasteiger partial charge in [-0.2, -0.15) is 0 Å². The van der Waals surface area contributed by atoms with Gasteiger partial charge in [0, 0.05) is 20.2 Å². The van der Waals surface area contributed by atoms with Gasteiger partial charge in [0.15, 0.2) is 0 Å². The van der Waals surface area contributed by atoms with Gasteiger partial charge in [-0.1, -0.05) is 24.3 Å². The molecule has 2 heterocycles. The van der Waals surface area contributed by atoms with E-state index in [-0.39, 0.29) is 18.4 Å². The largest absolute Gasteiger partial charge is 0.375 e. The summed E-state index contributed by atoms with van der Waals surface area (Å²) in [4.78, 5) is 31.6. The number of carbonyl (C=O) groups is 2. The highest BCUT2D eigenvalue weighted by Crippen LogP contribution is 2.27. The first-order valence-corrected chi connectivity index (χ1v) is 9.53. The van der Waals surface area contributed by atoms with Gasteiger partial charge in [-0.3, -0.25) is 9.59 Å². The lowest BCUT2D eigenvalue weighted by Crippen LogP contribution is -2.46. The van der Waals surface area contributed by atoms with Gasteiger partial charge in [0.2, 0.25) is 11.8 Å². The molecule has 3 rings (SSSR count). The van der Waals surface area contributed by atoms with Crippen LogP contribution in [0.3, 0.4) is 0 Å². The topological polar surface area (TPSA) is 71.5 Å². The maximum atomic E-state index is 12.5. The number of hydrogen-bond acceptors (Lipinski definition) is 5. The van der Waals surface area contributed by atoms with Gasteiger partial charge in [0.1, 0.15) is 12.6 Å². The maximum absolute atomic E-state index is 12.5. The van der Waals surface area contributed by atoms with Crippen molar-refractivity contribution in [2.45, 2.75) is 32.4 Å². The Hall–Kier alpha value is -2.25. The number of thiazole rings is 1. The molecule has 1 saturated heterocycles. The minimum absolute atomic E-state index is 0.0161. The number of ether oxygens (including phenoxy) is 1. The molecule has 1 aromatic carbocycles.